The molecule has 3 N–H and O–H groups in total. The Morgan fingerprint density at radius 3 is 2.47 bits per heavy atom. The van der Waals surface area contributed by atoms with Crippen LogP contribution >= 0.6 is 0 Å². The van der Waals surface area contributed by atoms with Crippen molar-refractivity contribution >= 4 is 21.7 Å². The van der Waals surface area contributed by atoms with Gasteiger partial charge in [0.05, 0.1) is 17.0 Å². The second kappa shape index (κ2) is 9.23. The van der Waals surface area contributed by atoms with Gasteiger partial charge in [0.15, 0.2) is 17.4 Å². The van der Waals surface area contributed by atoms with Crippen LogP contribution in [-0.2, 0) is 10.0 Å². The maximum Gasteiger partial charge on any atom is 0.233 e. The third-order valence-corrected chi connectivity index (χ3v) is 8.56. The number of rotatable bonds is 7. The van der Waals surface area contributed by atoms with Gasteiger partial charge in [-0.2, -0.15) is 4.39 Å². The molecule has 36 heavy (non-hydrogen) atoms. The Bertz CT molecular complexity index is 1400. The highest BCUT2D eigenvalue weighted by Gasteiger charge is 2.43. The average molecular weight is 520 g/mol. The predicted molar refractivity (Wildman–Crippen MR) is 127 cm³/mol. The van der Waals surface area contributed by atoms with Crippen LogP contribution in [0.5, 0.6) is 11.6 Å². The van der Waals surface area contributed by atoms with Gasteiger partial charge in [0.2, 0.25) is 27.7 Å². The standard InChI is InChI=1S/C24H24F3N5O3S/c25-16-12-18(35-22-15(2-1-10-29-22)17-6-11-30-23(28)31-17)19(26)20(27)21(16)32-36(33,34)13-24-7-3-14(4-8-24)5-9-24/h1-2,6,10-12,14,32H,3-5,7-9,13H2,(H2,28,30,31). The lowest BCUT2D eigenvalue weighted by Crippen LogP contribution is -2.41. The van der Waals surface area contributed by atoms with Crippen molar-refractivity contribution < 1.29 is 26.3 Å². The highest BCUT2D eigenvalue weighted by Crippen LogP contribution is 2.51. The monoisotopic (exact) mass is 519 g/mol. The van der Waals surface area contributed by atoms with E-state index in [1.807, 2.05) is 4.72 Å². The van der Waals surface area contributed by atoms with Crippen molar-refractivity contribution in [1.29, 1.82) is 0 Å². The fraction of sp³-hybridized carbons (Fsp3) is 0.375. The lowest BCUT2D eigenvalue weighted by Gasteiger charge is -2.46. The Labute approximate surface area is 206 Å². The molecule has 0 amide bonds. The number of nitrogens with one attached hydrogen (secondary N) is 1. The van der Waals surface area contributed by atoms with Gasteiger partial charge in [0.1, 0.15) is 5.69 Å². The van der Waals surface area contributed by atoms with E-state index in [4.69, 9.17) is 10.5 Å². The van der Waals surface area contributed by atoms with Gasteiger partial charge in [-0.1, -0.05) is 0 Å². The fourth-order valence-corrected chi connectivity index (χ4v) is 7.00. The minimum atomic E-state index is -4.14. The minimum Gasteiger partial charge on any atom is -0.435 e. The number of sulfonamides is 1. The molecule has 12 heteroatoms. The molecule has 1 aromatic carbocycles. The highest BCUT2D eigenvalue weighted by atomic mass is 32.2. The van der Waals surface area contributed by atoms with E-state index < -0.39 is 44.3 Å². The molecule has 0 spiro atoms. The van der Waals surface area contributed by atoms with Crippen molar-refractivity contribution in [3.8, 4) is 22.9 Å². The van der Waals surface area contributed by atoms with Gasteiger partial charge in [-0.25, -0.2) is 32.2 Å². The van der Waals surface area contributed by atoms with E-state index in [0.29, 0.717) is 17.7 Å². The summed E-state index contributed by atoms with van der Waals surface area (Å²) < 4.78 is 77.8. The number of hydrogen-bond acceptors (Lipinski definition) is 7. The Hall–Kier alpha value is -3.41. The van der Waals surface area contributed by atoms with E-state index in [-0.39, 0.29) is 23.1 Å². The molecule has 0 atom stereocenters. The van der Waals surface area contributed by atoms with Crippen molar-refractivity contribution in [2.75, 3.05) is 16.2 Å². The van der Waals surface area contributed by atoms with Crippen LogP contribution in [0.4, 0.5) is 24.8 Å². The molecule has 2 bridgehead atoms. The summed E-state index contributed by atoms with van der Waals surface area (Å²) >= 11 is 0. The summed E-state index contributed by atoms with van der Waals surface area (Å²) in [5.74, 6) is -5.24. The van der Waals surface area contributed by atoms with Gasteiger partial charge < -0.3 is 10.5 Å². The normalized spacial score (nSPS) is 21.4. The molecule has 3 aromatic rings. The molecule has 3 saturated carbocycles. The topological polar surface area (TPSA) is 120 Å². The van der Waals surface area contributed by atoms with E-state index in [1.54, 1.807) is 12.1 Å². The molecule has 3 aliphatic carbocycles. The van der Waals surface area contributed by atoms with Gasteiger partial charge in [-0.15, -0.1) is 0 Å². The number of halogens is 3. The zero-order chi connectivity index (χ0) is 25.5. The first-order chi connectivity index (χ1) is 17.1. The number of nitrogens with zero attached hydrogens (tertiary/aromatic N) is 3. The first kappa shape index (κ1) is 24.3. The number of hydrogen-bond donors (Lipinski definition) is 2. The fourth-order valence-electron chi connectivity index (χ4n) is 5.19. The summed E-state index contributed by atoms with van der Waals surface area (Å²) in [5.41, 5.74) is 4.70. The van der Waals surface area contributed by atoms with Crippen molar-refractivity contribution in [3.63, 3.8) is 0 Å². The highest BCUT2D eigenvalue weighted by molar-refractivity contribution is 7.92. The Morgan fingerprint density at radius 1 is 1.06 bits per heavy atom. The molecule has 6 rings (SSSR count). The molecule has 190 valence electrons. The van der Waals surface area contributed by atoms with Gasteiger partial charge in [-0.05, 0) is 68.1 Å². The van der Waals surface area contributed by atoms with Crippen LogP contribution in [-0.4, -0.2) is 29.1 Å². The van der Waals surface area contributed by atoms with Gasteiger partial charge in [0.25, 0.3) is 0 Å². The average Bonchev–Trinajstić information content (AvgIpc) is 2.86. The van der Waals surface area contributed by atoms with Crippen molar-refractivity contribution in [1.82, 2.24) is 15.0 Å². The first-order valence-corrected chi connectivity index (χ1v) is 13.2. The van der Waals surface area contributed by atoms with E-state index in [1.165, 1.54) is 18.5 Å². The molecular weight excluding hydrogens is 495 g/mol. The largest absolute Gasteiger partial charge is 0.435 e. The molecule has 8 nitrogen and oxygen atoms in total. The number of nitrogen functional groups attached to an aromatic ring is 1. The number of nitrogens with two attached hydrogens (primary N) is 1. The van der Waals surface area contributed by atoms with Crippen LogP contribution in [0, 0.1) is 28.8 Å². The maximum atomic E-state index is 14.9. The summed E-state index contributed by atoms with van der Waals surface area (Å²) in [6.45, 7) is 0. The van der Waals surface area contributed by atoms with Gasteiger partial charge >= 0.3 is 0 Å². The van der Waals surface area contributed by atoms with Crippen LogP contribution in [0.15, 0.2) is 36.7 Å². The molecule has 0 saturated heterocycles. The number of pyridine rings is 1. The van der Waals surface area contributed by atoms with E-state index in [0.717, 1.165) is 38.5 Å². The van der Waals surface area contributed by atoms with Crippen molar-refractivity contribution in [3.05, 3.63) is 54.1 Å². The van der Waals surface area contributed by atoms with E-state index in [9.17, 15) is 21.6 Å². The quantitative estimate of drug-likeness (QED) is 0.420. The van der Waals surface area contributed by atoms with Crippen LogP contribution in [0.25, 0.3) is 11.3 Å². The first-order valence-electron chi connectivity index (χ1n) is 11.5. The predicted octanol–water partition coefficient (Wildman–Crippen LogP) is 5.04. The van der Waals surface area contributed by atoms with Crippen molar-refractivity contribution in [2.24, 2.45) is 11.3 Å². The SMILES string of the molecule is Nc1nccc(-c2cccnc2Oc2cc(F)c(NS(=O)(=O)CC34CCC(CC3)CC4)c(F)c2F)n1. The number of aromatic nitrogens is 3. The molecule has 3 fully saturated rings. The molecular formula is C24H24F3N5O3S. The third-order valence-electron chi connectivity index (χ3n) is 7.06. The number of fused-ring (bicyclic) bond motifs is 3. The molecule has 2 heterocycles. The van der Waals surface area contributed by atoms with Crippen LogP contribution in [0.2, 0.25) is 0 Å². The van der Waals surface area contributed by atoms with Gasteiger partial charge in [-0.3, -0.25) is 4.72 Å². The summed E-state index contributed by atoms with van der Waals surface area (Å²) in [6.07, 6.45) is 7.88. The summed E-state index contributed by atoms with van der Waals surface area (Å²) in [5, 5.41) is 0. The van der Waals surface area contributed by atoms with E-state index in [2.05, 4.69) is 15.0 Å². The van der Waals surface area contributed by atoms with Crippen molar-refractivity contribution in [2.45, 2.75) is 38.5 Å². The zero-order valence-electron chi connectivity index (χ0n) is 19.2. The summed E-state index contributed by atoms with van der Waals surface area (Å²) in [7, 11) is -4.14. The second-order valence-electron chi connectivity index (χ2n) is 9.46. The molecule has 0 unspecified atom stereocenters. The Kier molecular flexibility index (Phi) is 6.23. The maximum absolute atomic E-state index is 14.9. The van der Waals surface area contributed by atoms with Crippen LogP contribution in [0.3, 0.4) is 0 Å². The van der Waals surface area contributed by atoms with E-state index >= 15 is 0 Å². The third kappa shape index (κ3) is 4.81. The number of anilines is 2. The lowest BCUT2D eigenvalue weighted by molar-refractivity contribution is 0.0862. The zero-order valence-corrected chi connectivity index (χ0v) is 20.0. The van der Waals surface area contributed by atoms with Crippen LogP contribution < -0.4 is 15.2 Å². The number of benzene rings is 1. The van der Waals surface area contributed by atoms with Gasteiger partial charge in [0, 0.05) is 18.5 Å². The summed E-state index contributed by atoms with van der Waals surface area (Å²) in [6, 6.07) is 5.20. The smallest absolute Gasteiger partial charge is 0.233 e. The second-order valence-corrected chi connectivity index (χ2v) is 11.2. The molecule has 2 aromatic heterocycles. The molecule has 0 aliphatic heterocycles. The minimum absolute atomic E-state index is 0.0250. The Balaban J connectivity index is 1.41. The number of ether oxygens (including phenoxy) is 1. The molecule has 0 radical (unpaired) electrons. The Morgan fingerprint density at radius 2 is 1.78 bits per heavy atom. The molecule has 3 aliphatic rings. The summed E-state index contributed by atoms with van der Waals surface area (Å²) in [4.78, 5) is 11.8. The lowest BCUT2D eigenvalue weighted by atomic mass is 9.62. The van der Waals surface area contributed by atoms with Crippen LogP contribution in [0.1, 0.15) is 38.5 Å².